The number of benzene rings is 1. The first-order valence-corrected chi connectivity index (χ1v) is 5.22. The van der Waals surface area contributed by atoms with Crippen molar-refractivity contribution in [2.24, 2.45) is 5.92 Å². The monoisotopic (exact) mass is 206 g/mol. The van der Waals surface area contributed by atoms with E-state index in [9.17, 15) is 4.79 Å². The third-order valence-corrected chi connectivity index (χ3v) is 2.20. The van der Waals surface area contributed by atoms with E-state index in [1.807, 2.05) is 19.1 Å². The standard InChI is InChI=1S/C13H18O2/c1-9(2)5-11-6-10(3)7-12(8-11)13(14)15-4/h6-9H,5H2,1-4H3. The summed E-state index contributed by atoms with van der Waals surface area (Å²) in [5, 5.41) is 0. The fraction of sp³-hybridized carbons (Fsp3) is 0.462. The van der Waals surface area contributed by atoms with Crippen LogP contribution in [0.1, 0.15) is 35.3 Å². The van der Waals surface area contributed by atoms with Gasteiger partial charge in [0.05, 0.1) is 12.7 Å². The minimum Gasteiger partial charge on any atom is -0.465 e. The minimum atomic E-state index is -0.260. The number of carbonyl (C=O) groups is 1. The summed E-state index contributed by atoms with van der Waals surface area (Å²) >= 11 is 0. The Labute approximate surface area is 91.3 Å². The van der Waals surface area contributed by atoms with Crippen LogP contribution in [-0.4, -0.2) is 13.1 Å². The lowest BCUT2D eigenvalue weighted by Crippen LogP contribution is -2.04. The van der Waals surface area contributed by atoms with Gasteiger partial charge >= 0.3 is 5.97 Å². The lowest BCUT2D eigenvalue weighted by atomic mass is 9.99. The summed E-state index contributed by atoms with van der Waals surface area (Å²) in [6, 6.07) is 5.89. The second kappa shape index (κ2) is 4.96. The molecule has 0 aliphatic rings. The summed E-state index contributed by atoms with van der Waals surface area (Å²) in [5.41, 5.74) is 2.95. The van der Waals surface area contributed by atoms with Gasteiger partial charge in [-0.2, -0.15) is 0 Å². The fourth-order valence-electron chi connectivity index (χ4n) is 1.69. The lowest BCUT2D eigenvalue weighted by Gasteiger charge is -2.08. The first-order valence-electron chi connectivity index (χ1n) is 5.22. The van der Waals surface area contributed by atoms with Crippen molar-refractivity contribution in [1.82, 2.24) is 0 Å². The Morgan fingerprint density at radius 1 is 1.33 bits per heavy atom. The maximum absolute atomic E-state index is 11.4. The van der Waals surface area contributed by atoms with Crippen molar-refractivity contribution >= 4 is 5.97 Å². The zero-order chi connectivity index (χ0) is 11.4. The van der Waals surface area contributed by atoms with Crippen LogP contribution in [0, 0.1) is 12.8 Å². The Morgan fingerprint density at radius 3 is 2.53 bits per heavy atom. The molecular formula is C13H18O2. The van der Waals surface area contributed by atoms with E-state index in [2.05, 4.69) is 19.9 Å². The van der Waals surface area contributed by atoms with Gasteiger partial charge in [-0.25, -0.2) is 4.79 Å². The minimum absolute atomic E-state index is 0.260. The molecule has 0 aromatic heterocycles. The molecule has 1 rings (SSSR count). The molecule has 82 valence electrons. The van der Waals surface area contributed by atoms with Crippen LogP contribution in [0.25, 0.3) is 0 Å². The molecule has 0 saturated heterocycles. The maximum Gasteiger partial charge on any atom is 0.337 e. The van der Waals surface area contributed by atoms with Crippen molar-refractivity contribution in [3.8, 4) is 0 Å². The molecule has 1 aromatic rings. The van der Waals surface area contributed by atoms with E-state index >= 15 is 0 Å². The van der Waals surface area contributed by atoms with Crippen LogP contribution >= 0.6 is 0 Å². The van der Waals surface area contributed by atoms with Crippen molar-refractivity contribution < 1.29 is 9.53 Å². The molecule has 0 spiro atoms. The first kappa shape index (κ1) is 11.8. The third-order valence-electron chi connectivity index (χ3n) is 2.20. The SMILES string of the molecule is COC(=O)c1cc(C)cc(CC(C)C)c1. The van der Waals surface area contributed by atoms with Gasteiger partial charge in [-0.1, -0.05) is 25.5 Å². The van der Waals surface area contributed by atoms with E-state index in [-0.39, 0.29) is 5.97 Å². The van der Waals surface area contributed by atoms with E-state index < -0.39 is 0 Å². The van der Waals surface area contributed by atoms with Gasteiger partial charge in [-0.15, -0.1) is 0 Å². The van der Waals surface area contributed by atoms with Gasteiger partial charge in [-0.05, 0) is 37.0 Å². The van der Waals surface area contributed by atoms with Gasteiger partial charge in [0.25, 0.3) is 0 Å². The van der Waals surface area contributed by atoms with Gasteiger partial charge < -0.3 is 4.74 Å². The number of rotatable bonds is 3. The highest BCUT2D eigenvalue weighted by molar-refractivity contribution is 5.89. The van der Waals surface area contributed by atoms with E-state index in [0.29, 0.717) is 11.5 Å². The molecule has 1 aromatic carbocycles. The topological polar surface area (TPSA) is 26.3 Å². The van der Waals surface area contributed by atoms with Gasteiger partial charge in [-0.3, -0.25) is 0 Å². The normalized spacial score (nSPS) is 10.5. The van der Waals surface area contributed by atoms with E-state index in [4.69, 9.17) is 4.74 Å². The molecule has 0 bridgehead atoms. The lowest BCUT2D eigenvalue weighted by molar-refractivity contribution is 0.0600. The van der Waals surface area contributed by atoms with Crippen molar-refractivity contribution in [3.63, 3.8) is 0 Å². The number of carbonyl (C=O) groups excluding carboxylic acids is 1. The van der Waals surface area contributed by atoms with Crippen LogP contribution in [0.2, 0.25) is 0 Å². The van der Waals surface area contributed by atoms with Crippen LogP contribution < -0.4 is 0 Å². The Morgan fingerprint density at radius 2 is 2.00 bits per heavy atom. The number of ether oxygens (including phenoxy) is 1. The molecule has 2 heteroatoms. The molecule has 2 nitrogen and oxygen atoms in total. The molecule has 0 aliphatic carbocycles. The Kier molecular flexibility index (Phi) is 3.89. The number of aryl methyl sites for hydroxylation is 1. The number of hydrogen-bond acceptors (Lipinski definition) is 2. The van der Waals surface area contributed by atoms with Crippen LogP contribution in [0.4, 0.5) is 0 Å². The van der Waals surface area contributed by atoms with Gasteiger partial charge in [0.2, 0.25) is 0 Å². The van der Waals surface area contributed by atoms with Gasteiger partial charge in [0.1, 0.15) is 0 Å². The molecule has 0 atom stereocenters. The Hall–Kier alpha value is -1.31. The number of hydrogen-bond donors (Lipinski definition) is 0. The maximum atomic E-state index is 11.4. The molecule has 15 heavy (non-hydrogen) atoms. The number of methoxy groups -OCH3 is 1. The zero-order valence-corrected chi connectivity index (χ0v) is 9.83. The molecule has 0 unspecified atom stereocenters. The van der Waals surface area contributed by atoms with Crippen molar-refractivity contribution in [1.29, 1.82) is 0 Å². The van der Waals surface area contributed by atoms with Crippen molar-refractivity contribution in [3.05, 3.63) is 34.9 Å². The van der Waals surface area contributed by atoms with E-state index in [0.717, 1.165) is 12.0 Å². The Bertz CT molecular complexity index is 354. The van der Waals surface area contributed by atoms with Crippen LogP contribution in [0.15, 0.2) is 18.2 Å². The fourth-order valence-corrected chi connectivity index (χ4v) is 1.69. The molecule has 0 aliphatic heterocycles. The van der Waals surface area contributed by atoms with Crippen LogP contribution in [0.3, 0.4) is 0 Å². The predicted octanol–water partition coefficient (Wildman–Crippen LogP) is 2.98. The summed E-state index contributed by atoms with van der Waals surface area (Å²) in [7, 11) is 1.41. The molecule has 0 heterocycles. The summed E-state index contributed by atoms with van der Waals surface area (Å²) < 4.78 is 4.71. The average Bonchev–Trinajstić information content (AvgIpc) is 2.14. The first-order chi connectivity index (χ1) is 7.02. The quantitative estimate of drug-likeness (QED) is 0.711. The zero-order valence-electron chi connectivity index (χ0n) is 9.83. The summed E-state index contributed by atoms with van der Waals surface area (Å²) in [6.45, 7) is 6.33. The highest BCUT2D eigenvalue weighted by atomic mass is 16.5. The van der Waals surface area contributed by atoms with Crippen LogP contribution in [-0.2, 0) is 11.2 Å². The summed E-state index contributed by atoms with van der Waals surface area (Å²) in [4.78, 5) is 11.4. The molecule has 0 radical (unpaired) electrons. The Balaban J connectivity index is 2.99. The van der Waals surface area contributed by atoms with E-state index in [1.165, 1.54) is 12.7 Å². The second-order valence-electron chi connectivity index (χ2n) is 4.30. The smallest absolute Gasteiger partial charge is 0.337 e. The van der Waals surface area contributed by atoms with Gasteiger partial charge in [0, 0.05) is 0 Å². The van der Waals surface area contributed by atoms with Gasteiger partial charge in [0.15, 0.2) is 0 Å². The highest BCUT2D eigenvalue weighted by Gasteiger charge is 2.08. The molecule has 0 amide bonds. The van der Waals surface area contributed by atoms with Crippen molar-refractivity contribution in [2.45, 2.75) is 27.2 Å². The second-order valence-corrected chi connectivity index (χ2v) is 4.30. The molecule has 0 fully saturated rings. The largest absolute Gasteiger partial charge is 0.465 e. The molecule has 0 saturated carbocycles. The van der Waals surface area contributed by atoms with Crippen molar-refractivity contribution in [2.75, 3.05) is 7.11 Å². The number of esters is 1. The third kappa shape index (κ3) is 3.39. The van der Waals surface area contributed by atoms with E-state index in [1.54, 1.807) is 0 Å². The molecule has 0 N–H and O–H groups in total. The highest BCUT2D eigenvalue weighted by Crippen LogP contribution is 2.14. The van der Waals surface area contributed by atoms with Crippen LogP contribution in [0.5, 0.6) is 0 Å². The molecular weight excluding hydrogens is 188 g/mol. The summed E-state index contributed by atoms with van der Waals surface area (Å²) in [6.07, 6.45) is 0.992. The summed E-state index contributed by atoms with van der Waals surface area (Å²) in [5.74, 6) is 0.334. The predicted molar refractivity (Wildman–Crippen MR) is 61.1 cm³/mol. The average molecular weight is 206 g/mol.